The average molecular weight is 348 g/mol. The Balaban J connectivity index is 1.62. The van der Waals surface area contributed by atoms with Crippen molar-refractivity contribution in [2.24, 2.45) is 0 Å². The predicted octanol–water partition coefficient (Wildman–Crippen LogP) is 5.60. The van der Waals surface area contributed by atoms with Crippen LogP contribution in [0.1, 0.15) is 16.7 Å². The van der Waals surface area contributed by atoms with Crippen LogP contribution in [0.4, 0.5) is 0 Å². The van der Waals surface area contributed by atoms with E-state index in [2.05, 4.69) is 84.2 Å². The highest BCUT2D eigenvalue weighted by Gasteiger charge is 2.03. The zero-order valence-electron chi connectivity index (χ0n) is 14.2. The summed E-state index contributed by atoms with van der Waals surface area (Å²) in [5.41, 5.74) is 5.05. The van der Waals surface area contributed by atoms with Crippen LogP contribution in [0.2, 0.25) is 5.02 Å². The Bertz CT molecular complexity index is 751. The van der Waals surface area contributed by atoms with Gasteiger partial charge in [0.05, 0.1) is 0 Å². The second kappa shape index (κ2) is 9.22. The molecule has 0 amide bonds. The standard InChI is InChI=1S/C23H22ClN/c24-22-13-11-19(12-14-22)15-17-25-18-16-23(20-7-3-1-4-8-20)21-9-5-2-6-10-21/h1-14,16,25H,15,17-18H2. The summed E-state index contributed by atoms with van der Waals surface area (Å²) < 4.78 is 0. The molecule has 0 aliphatic rings. The molecule has 0 unspecified atom stereocenters. The van der Waals surface area contributed by atoms with Gasteiger partial charge in [0, 0.05) is 11.6 Å². The molecule has 0 radical (unpaired) electrons. The Kier molecular flexibility index (Phi) is 6.44. The molecular weight excluding hydrogens is 326 g/mol. The summed E-state index contributed by atoms with van der Waals surface area (Å²) in [5, 5.41) is 4.30. The molecule has 3 aromatic rings. The first kappa shape index (κ1) is 17.5. The fourth-order valence-electron chi connectivity index (χ4n) is 2.80. The van der Waals surface area contributed by atoms with Crippen molar-refractivity contribution in [3.8, 4) is 0 Å². The van der Waals surface area contributed by atoms with Crippen molar-refractivity contribution in [2.75, 3.05) is 13.1 Å². The summed E-state index contributed by atoms with van der Waals surface area (Å²) in [6, 6.07) is 29.1. The lowest BCUT2D eigenvalue weighted by Crippen LogP contribution is -2.17. The number of hydrogen-bond donors (Lipinski definition) is 1. The lowest BCUT2D eigenvalue weighted by atomic mass is 9.97. The van der Waals surface area contributed by atoms with Gasteiger partial charge in [-0.05, 0) is 47.4 Å². The average Bonchev–Trinajstić information content (AvgIpc) is 2.67. The fraction of sp³-hybridized carbons (Fsp3) is 0.130. The molecule has 0 bridgehead atoms. The summed E-state index contributed by atoms with van der Waals surface area (Å²) in [6.45, 7) is 1.78. The molecule has 2 heteroatoms. The van der Waals surface area contributed by atoms with Crippen LogP contribution < -0.4 is 5.32 Å². The second-order valence-corrected chi connectivity index (χ2v) is 6.37. The quantitative estimate of drug-likeness (QED) is 0.548. The third kappa shape index (κ3) is 5.32. The Morgan fingerprint density at radius 2 is 1.32 bits per heavy atom. The van der Waals surface area contributed by atoms with E-state index in [0.29, 0.717) is 0 Å². The highest BCUT2D eigenvalue weighted by atomic mass is 35.5. The zero-order valence-corrected chi connectivity index (χ0v) is 14.9. The van der Waals surface area contributed by atoms with Crippen molar-refractivity contribution in [1.82, 2.24) is 5.32 Å². The van der Waals surface area contributed by atoms with E-state index < -0.39 is 0 Å². The Morgan fingerprint density at radius 3 is 1.88 bits per heavy atom. The zero-order chi connectivity index (χ0) is 17.3. The van der Waals surface area contributed by atoms with Gasteiger partial charge in [-0.25, -0.2) is 0 Å². The monoisotopic (exact) mass is 347 g/mol. The lowest BCUT2D eigenvalue weighted by Gasteiger charge is -2.09. The number of halogens is 1. The maximum Gasteiger partial charge on any atom is 0.0406 e. The van der Waals surface area contributed by atoms with Gasteiger partial charge in [0.25, 0.3) is 0 Å². The first-order valence-corrected chi connectivity index (χ1v) is 8.97. The van der Waals surface area contributed by atoms with Gasteiger partial charge in [-0.15, -0.1) is 0 Å². The van der Waals surface area contributed by atoms with E-state index in [1.807, 2.05) is 12.1 Å². The molecule has 25 heavy (non-hydrogen) atoms. The van der Waals surface area contributed by atoms with E-state index in [-0.39, 0.29) is 0 Å². The molecular formula is C23H22ClN. The minimum absolute atomic E-state index is 0.787. The highest BCUT2D eigenvalue weighted by molar-refractivity contribution is 6.30. The summed E-state index contributed by atoms with van der Waals surface area (Å²) in [7, 11) is 0. The topological polar surface area (TPSA) is 12.0 Å². The normalized spacial score (nSPS) is 10.4. The van der Waals surface area contributed by atoms with Crippen molar-refractivity contribution in [3.05, 3.63) is 113 Å². The third-order valence-corrected chi connectivity index (χ3v) is 4.38. The van der Waals surface area contributed by atoms with E-state index in [1.54, 1.807) is 0 Å². The Morgan fingerprint density at radius 1 is 0.760 bits per heavy atom. The van der Waals surface area contributed by atoms with Gasteiger partial charge < -0.3 is 5.32 Å². The molecule has 1 N–H and O–H groups in total. The van der Waals surface area contributed by atoms with Crippen molar-refractivity contribution in [3.63, 3.8) is 0 Å². The molecule has 3 aromatic carbocycles. The molecule has 3 rings (SSSR count). The van der Waals surface area contributed by atoms with Crippen LogP contribution in [0.5, 0.6) is 0 Å². The number of rotatable bonds is 7. The summed E-state index contributed by atoms with van der Waals surface area (Å²) in [6.07, 6.45) is 3.27. The maximum absolute atomic E-state index is 5.92. The molecule has 0 aromatic heterocycles. The second-order valence-electron chi connectivity index (χ2n) is 5.93. The summed E-state index contributed by atoms with van der Waals surface area (Å²) in [5.74, 6) is 0. The molecule has 0 spiro atoms. The maximum atomic E-state index is 5.92. The molecule has 1 nitrogen and oxygen atoms in total. The van der Waals surface area contributed by atoms with Gasteiger partial charge in [-0.2, -0.15) is 0 Å². The van der Waals surface area contributed by atoms with Crippen LogP contribution in [0, 0.1) is 0 Å². The van der Waals surface area contributed by atoms with Gasteiger partial charge in [0.2, 0.25) is 0 Å². The number of benzene rings is 3. The fourth-order valence-corrected chi connectivity index (χ4v) is 2.92. The SMILES string of the molecule is Clc1ccc(CCNCC=C(c2ccccc2)c2ccccc2)cc1. The van der Waals surface area contributed by atoms with Gasteiger partial charge >= 0.3 is 0 Å². The van der Waals surface area contributed by atoms with E-state index in [9.17, 15) is 0 Å². The first-order valence-electron chi connectivity index (χ1n) is 8.59. The van der Waals surface area contributed by atoms with Crippen LogP contribution in [0.15, 0.2) is 91.0 Å². The van der Waals surface area contributed by atoms with Crippen molar-refractivity contribution in [2.45, 2.75) is 6.42 Å². The van der Waals surface area contributed by atoms with Gasteiger partial charge in [-0.1, -0.05) is 90.5 Å². The van der Waals surface area contributed by atoms with E-state index in [4.69, 9.17) is 11.6 Å². The smallest absolute Gasteiger partial charge is 0.0406 e. The number of hydrogen-bond acceptors (Lipinski definition) is 1. The van der Waals surface area contributed by atoms with Crippen molar-refractivity contribution < 1.29 is 0 Å². The summed E-state index contributed by atoms with van der Waals surface area (Å²) in [4.78, 5) is 0. The van der Waals surface area contributed by atoms with E-state index in [0.717, 1.165) is 24.5 Å². The van der Waals surface area contributed by atoms with Crippen LogP contribution in [-0.2, 0) is 6.42 Å². The Hall–Kier alpha value is -2.35. The minimum atomic E-state index is 0.787. The van der Waals surface area contributed by atoms with Crippen molar-refractivity contribution >= 4 is 17.2 Å². The molecule has 0 heterocycles. The Labute approximate surface area is 155 Å². The van der Waals surface area contributed by atoms with Crippen LogP contribution >= 0.6 is 11.6 Å². The highest BCUT2D eigenvalue weighted by Crippen LogP contribution is 2.22. The molecule has 0 aliphatic heterocycles. The van der Waals surface area contributed by atoms with Gasteiger partial charge in [0.15, 0.2) is 0 Å². The van der Waals surface area contributed by atoms with E-state index in [1.165, 1.54) is 22.3 Å². The molecule has 0 aliphatic carbocycles. The molecule has 0 atom stereocenters. The largest absolute Gasteiger partial charge is 0.313 e. The van der Waals surface area contributed by atoms with Gasteiger partial charge in [-0.3, -0.25) is 0 Å². The number of nitrogens with one attached hydrogen (secondary N) is 1. The predicted molar refractivity (Wildman–Crippen MR) is 108 cm³/mol. The van der Waals surface area contributed by atoms with Crippen LogP contribution in [0.3, 0.4) is 0 Å². The van der Waals surface area contributed by atoms with Crippen LogP contribution in [-0.4, -0.2) is 13.1 Å². The van der Waals surface area contributed by atoms with Crippen LogP contribution in [0.25, 0.3) is 5.57 Å². The van der Waals surface area contributed by atoms with E-state index >= 15 is 0 Å². The minimum Gasteiger partial charge on any atom is -0.313 e. The first-order chi connectivity index (χ1) is 12.3. The molecule has 0 fully saturated rings. The molecule has 0 saturated heterocycles. The lowest BCUT2D eigenvalue weighted by molar-refractivity contribution is 0.745. The molecule has 126 valence electrons. The van der Waals surface area contributed by atoms with Gasteiger partial charge in [0.1, 0.15) is 0 Å². The third-order valence-electron chi connectivity index (χ3n) is 4.12. The van der Waals surface area contributed by atoms with Crippen molar-refractivity contribution in [1.29, 1.82) is 0 Å². The summed E-state index contributed by atoms with van der Waals surface area (Å²) >= 11 is 5.92. The molecule has 0 saturated carbocycles.